The van der Waals surface area contributed by atoms with E-state index in [2.05, 4.69) is 11.1 Å². The molecule has 0 aliphatic carbocycles. The van der Waals surface area contributed by atoms with Crippen molar-refractivity contribution < 1.29 is 5.11 Å². The van der Waals surface area contributed by atoms with Crippen LogP contribution in [0, 0.1) is 16.7 Å². The maximum absolute atomic E-state index is 10.3. The highest BCUT2D eigenvalue weighted by molar-refractivity contribution is 5.83. The molecule has 1 aromatic heterocycles. The van der Waals surface area contributed by atoms with E-state index in [9.17, 15) is 10.4 Å². The first-order valence-corrected chi connectivity index (χ1v) is 6.12. The van der Waals surface area contributed by atoms with Crippen molar-refractivity contribution in [3.63, 3.8) is 0 Å². The molecule has 0 amide bonds. The van der Waals surface area contributed by atoms with Gasteiger partial charge >= 0.3 is 0 Å². The molecule has 1 N–H and O–H groups in total. The van der Waals surface area contributed by atoms with Crippen LogP contribution in [0.3, 0.4) is 0 Å². The summed E-state index contributed by atoms with van der Waals surface area (Å²) < 4.78 is 1.83. The number of hydrogen-bond donors (Lipinski definition) is 1. The zero-order valence-corrected chi connectivity index (χ0v) is 11.6. The van der Waals surface area contributed by atoms with E-state index in [1.165, 1.54) is 0 Å². The minimum Gasteiger partial charge on any atom is -0.510 e. The summed E-state index contributed by atoms with van der Waals surface area (Å²) in [7, 11) is 1.85. The Morgan fingerprint density at radius 3 is 2.47 bits per heavy atom. The van der Waals surface area contributed by atoms with E-state index in [4.69, 9.17) is 0 Å². The van der Waals surface area contributed by atoms with Crippen LogP contribution in [0.15, 0.2) is 30.0 Å². The van der Waals surface area contributed by atoms with E-state index in [-0.39, 0.29) is 11.3 Å². The number of aliphatic hydroxyl groups is 1. The average Bonchev–Trinajstić information content (AvgIpc) is 2.68. The third-order valence-electron chi connectivity index (χ3n) is 3.07. The zero-order chi connectivity index (χ0) is 14.2. The minimum absolute atomic E-state index is 0.0633. The van der Waals surface area contributed by atoms with Gasteiger partial charge in [-0.3, -0.25) is 0 Å². The van der Waals surface area contributed by atoms with Gasteiger partial charge in [0.05, 0.1) is 11.0 Å². The van der Waals surface area contributed by atoms with Crippen molar-refractivity contribution in [2.75, 3.05) is 0 Å². The normalized spacial score (nSPS) is 13.2. The molecule has 1 aromatic carbocycles. The van der Waals surface area contributed by atoms with Gasteiger partial charge < -0.3 is 9.67 Å². The minimum atomic E-state index is -0.483. The molecule has 0 saturated carbocycles. The van der Waals surface area contributed by atoms with Crippen molar-refractivity contribution in [3.8, 4) is 6.07 Å². The summed E-state index contributed by atoms with van der Waals surface area (Å²) in [4.78, 5) is 4.44. The number of para-hydroxylation sites is 2. The summed E-state index contributed by atoms with van der Waals surface area (Å²) in [5.74, 6) is 0.560. The van der Waals surface area contributed by atoms with Crippen molar-refractivity contribution in [3.05, 3.63) is 35.8 Å². The SMILES string of the molecule is Cn1c(/C(C#N)=C(/O)C(C)(C)C)nc2ccccc21. The fraction of sp³-hybridized carbons (Fsp3) is 0.333. The van der Waals surface area contributed by atoms with Crippen LogP contribution in [0.4, 0.5) is 0 Å². The standard InChI is InChI=1S/C15H17N3O/c1-15(2,3)13(19)10(9-16)14-17-11-7-5-6-8-12(11)18(14)4/h5-8,19H,1-4H3/b13-10+. The summed E-state index contributed by atoms with van der Waals surface area (Å²) >= 11 is 0. The van der Waals surface area contributed by atoms with E-state index < -0.39 is 5.41 Å². The van der Waals surface area contributed by atoms with E-state index >= 15 is 0 Å². The van der Waals surface area contributed by atoms with E-state index in [0.29, 0.717) is 5.82 Å². The van der Waals surface area contributed by atoms with Gasteiger partial charge in [-0.1, -0.05) is 32.9 Å². The molecule has 0 spiro atoms. The van der Waals surface area contributed by atoms with Crippen molar-refractivity contribution in [2.45, 2.75) is 20.8 Å². The van der Waals surface area contributed by atoms with E-state index in [1.54, 1.807) is 0 Å². The summed E-state index contributed by atoms with van der Waals surface area (Å²) in [6, 6.07) is 9.73. The molecule has 4 nitrogen and oxygen atoms in total. The number of nitriles is 1. The Bertz CT molecular complexity index is 696. The maximum atomic E-state index is 10.3. The molecule has 2 aromatic rings. The largest absolute Gasteiger partial charge is 0.510 e. The lowest BCUT2D eigenvalue weighted by molar-refractivity contribution is 0.280. The average molecular weight is 255 g/mol. The van der Waals surface area contributed by atoms with Crippen LogP contribution in [0.25, 0.3) is 16.6 Å². The van der Waals surface area contributed by atoms with Gasteiger partial charge in [-0.25, -0.2) is 4.98 Å². The summed E-state index contributed by atoms with van der Waals surface area (Å²) in [6.45, 7) is 5.59. The Hall–Kier alpha value is -2.28. The number of rotatable bonds is 1. The lowest BCUT2D eigenvalue weighted by Crippen LogP contribution is -2.12. The number of nitrogens with zero attached hydrogens (tertiary/aromatic N) is 3. The predicted octanol–water partition coefficient (Wildman–Crippen LogP) is 3.41. The lowest BCUT2D eigenvalue weighted by atomic mass is 9.91. The number of fused-ring (bicyclic) bond motifs is 1. The second-order valence-corrected chi connectivity index (χ2v) is 5.57. The first-order valence-electron chi connectivity index (χ1n) is 6.12. The van der Waals surface area contributed by atoms with Gasteiger partial charge in [0.25, 0.3) is 0 Å². The molecule has 0 atom stereocenters. The van der Waals surface area contributed by atoms with Gasteiger partial charge in [0.15, 0.2) is 5.82 Å². The van der Waals surface area contributed by atoms with Gasteiger partial charge in [0.2, 0.25) is 0 Å². The molecule has 0 bridgehead atoms. The molecule has 1 heterocycles. The maximum Gasteiger partial charge on any atom is 0.155 e. The van der Waals surface area contributed by atoms with Crippen molar-refractivity contribution in [1.82, 2.24) is 9.55 Å². The highest BCUT2D eigenvalue weighted by Gasteiger charge is 2.24. The number of aromatic nitrogens is 2. The molecule has 19 heavy (non-hydrogen) atoms. The van der Waals surface area contributed by atoms with Gasteiger partial charge in [0, 0.05) is 12.5 Å². The molecule has 98 valence electrons. The third-order valence-corrected chi connectivity index (χ3v) is 3.07. The fourth-order valence-electron chi connectivity index (χ4n) is 1.95. The Morgan fingerprint density at radius 1 is 1.32 bits per heavy atom. The van der Waals surface area contributed by atoms with Crippen LogP contribution in [0.5, 0.6) is 0 Å². The quantitative estimate of drug-likeness (QED) is 0.627. The van der Waals surface area contributed by atoms with Crippen molar-refractivity contribution >= 4 is 16.6 Å². The van der Waals surface area contributed by atoms with Crippen LogP contribution in [0.1, 0.15) is 26.6 Å². The number of imidazole rings is 1. The van der Waals surface area contributed by atoms with Gasteiger partial charge in [0.1, 0.15) is 17.4 Å². The summed E-state index contributed by atoms with van der Waals surface area (Å²) in [6.07, 6.45) is 0. The third kappa shape index (κ3) is 2.19. The van der Waals surface area contributed by atoms with Crippen LogP contribution >= 0.6 is 0 Å². The van der Waals surface area contributed by atoms with Gasteiger partial charge in [-0.05, 0) is 12.1 Å². The summed E-state index contributed by atoms with van der Waals surface area (Å²) in [5, 5.41) is 19.6. The fourth-order valence-corrected chi connectivity index (χ4v) is 1.95. The topological polar surface area (TPSA) is 61.8 Å². The van der Waals surface area contributed by atoms with Crippen LogP contribution in [0.2, 0.25) is 0 Å². The molecule has 4 heteroatoms. The van der Waals surface area contributed by atoms with Gasteiger partial charge in [-0.2, -0.15) is 5.26 Å². The molecule has 2 rings (SSSR count). The molecule has 0 aliphatic rings. The zero-order valence-electron chi connectivity index (χ0n) is 11.6. The smallest absolute Gasteiger partial charge is 0.155 e. The second-order valence-electron chi connectivity index (χ2n) is 5.57. The number of hydrogen-bond acceptors (Lipinski definition) is 3. The predicted molar refractivity (Wildman–Crippen MR) is 75.3 cm³/mol. The lowest BCUT2D eigenvalue weighted by Gasteiger charge is -2.18. The Balaban J connectivity index is 2.74. The molecular weight excluding hydrogens is 238 g/mol. The van der Waals surface area contributed by atoms with E-state index in [0.717, 1.165) is 11.0 Å². The second kappa shape index (κ2) is 4.43. The molecular formula is C15H17N3O. The summed E-state index contributed by atoms with van der Waals surface area (Å²) in [5.41, 5.74) is 1.50. The first-order chi connectivity index (χ1) is 8.86. The number of aliphatic hydroxyl groups excluding tert-OH is 1. The van der Waals surface area contributed by atoms with E-state index in [1.807, 2.05) is 56.7 Å². The number of aryl methyl sites for hydroxylation is 1. The first kappa shape index (κ1) is 13.2. The Kier molecular flexibility index (Phi) is 3.07. The van der Waals surface area contributed by atoms with Gasteiger partial charge in [-0.15, -0.1) is 0 Å². The highest BCUT2D eigenvalue weighted by atomic mass is 16.3. The molecule has 0 fully saturated rings. The Labute approximate surface area is 112 Å². The van der Waals surface area contributed by atoms with Crippen LogP contribution in [-0.4, -0.2) is 14.7 Å². The highest BCUT2D eigenvalue weighted by Crippen LogP contribution is 2.30. The van der Waals surface area contributed by atoms with Crippen LogP contribution < -0.4 is 0 Å². The number of benzene rings is 1. The molecule has 0 saturated heterocycles. The molecule has 0 radical (unpaired) electrons. The number of allylic oxidation sites excluding steroid dienone is 2. The Morgan fingerprint density at radius 2 is 1.95 bits per heavy atom. The van der Waals surface area contributed by atoms with Crippen molar-refractivity contribution in [1.29, 1.82) is 5.26 Å². The van der Waals surface area contributed by atoms with Crippen molar-refractivity contribution in [2.24, 2.45) is 12.5 Å². The monoisotopic (exact) mass is 255 g/mol. The van der Waals surface area contributed by atoms with Crippen LogP contribution in [-0.2, 0) is 7.05 Å². The molecule has 0 unspecified atom stereocenters. The molecule has 0 aliphatic heterocycles.